The third kappa shape index (κ3) is 5.10. The second-order valence-corrected chi connectivity index (χ2v) is 7.94. The lowest BCUT2D eigenvalue weighted by molar-refractivity contribution is 0.0492. The van der Waals surface area contributed by atoms with Crippen LogP contribution in [0.5, 0.6) is 17.2 Å². The summed E-state index contributed by atoms with van der Waals surface area (Å²) in [7, 11) is 3.00. The van der Waals surface area contributed by atoms with Gasteiger partial charge in [0.15, 0.2) is 11.5 Å². The predicted molar refractivity (Wildman–Crippen MR) is 133 cm³/mol. The molecule has 0 bridgehead atoms. The van der Waals surface area contributed by atoms with Crippen LogP contribution in [0.25, 0.3) is 22.1 Å². The molecule has 0 aliphatic carbocycles. The Hall–Kier alpha value is -3.97. The first kappa shape index (κ1) is 24.2. The van der Waals surface area contributed by atoms with E-state index in [4.69, 9.17) is 35.0 Å². The molecule has 0 aliphatic heterocycles. The summed E-state index contributed by atoms with van der Waals surface area (Å²) >= 11 is 6.03. The molecule has 3 aromatic carbocycles. The van der Waals surface area contributed by atoms with Gasteiger partial charge in [0, 0.05) is 11.1 Å². The maximum absolute atomic E-state index is 13.5. The van der Waals surface area contributed by atoms with Crippen molar-refractivity contribution in [2.24, 2.45) is 0 Å². The molecule has 4 aromatic rings. The topological polar surface area (TPSA) is 84.2 Å². The van der Waals surface area contributed by atoms with Gasteiger partial charge in [-0.3, -0.25) is 4.79 Å². The van der Waals surface area contributed by atoms with Gasteiger partial charge in [-0.05, 0) is 54.4 Å². The molecule has 1 aromatic heterocycles. The van der Waals surface area contributed by atoms with Crippen molar-refractivity contribution < 1.29 is 28.2 Å². The number of fused-ring (bicyclic) bond motifs is 1. The molecule has 180 valence electrons. The first-order valence-corrected chi connectivity index (χ1v) is 11.2. The molecule has 0 unspecified atom stereocenters. The minimum atomic E-state index is -0.749. The van der Waals surface area contributed by atoms with Gasteiger partial charge in [0.25, 0.3) is 0 Å². The van der Waals surface area contributed by atoms with Crippen LogP contribution in [0.3, 0.4) is 0 Å². The van der Waals surface area contributed by atoms with Crippen molar-refractivity contribution >= 4 is 28.5 Å². The van der Waals surface area contributed by atoms with E-state index in [0.29, 0.717) is 27.8 Å². The van der Waals surface area contributed by atoms with E-state index in [2.05, 4.69) is 0 Å². The van der Waals surface area contributed by atoms with Gasteiger partial charge in [0.1, 0.15) is 17.9 Å². The number of hydrogen-bond donors (Lipinski definition) is 0. The first-order chi connectivity index (χ1) is 16.9. The minimum absolute atomic E-state index is 0.0736. The monoisotopic (exact) mass is 494 g/mol. The van der Waals surface area contributed by atoms with Crippen molar-refractivity contribution in [2.45, 2.75) is 13.5 Å². The number of benzene rings is 3. The highest BCUT2D eigenvalue weighted by molar-refractivity contribution is 6.30. The normalized spacial score (nSPS) is 10.7. The van der Waals surface area contributed by atoms with Gasteiger partial charge in [0.2, 0.25) is 11.2 Å². The van der Waals surface area contributed by atoms with E-state index < -0.39 is 5.97 Å². The van der Waals surface area contributed by atoms with Crippen molar-refractivity contribution in [1.29, 1.82) is 0 Å². The van der Waals surface area contributed by atoms with Crippen LogP contribution in [0.4, 0.5) is 0 Å². The number of hydrogen-bond acceptors (Lipinski definition) is 7. The van der Waals surface area contributed by atoms with Crippen LogP contribution >= 0.6 is 11.6 Å². The molecule has 0 aliphatic rings. The summed E-state index contributed by atoms with van der Waals surface area (Å²) in [4.78, 5) is 26.3. The van der Waals surface area contributed by atoms with Gasteiger partial charge >= 0.3 is 5.97 Å². The lowest BCUT2D eigenvalue weighted by Gasteiger charge is -2.13. The van der Waals surface area contributed by atoms with Gasteiger partial charge in [-0.2, -0.15) is 0 Å². The maximum Gasteiger partial charge on any atom is 0.375 e. The molecular weight excluding hydrogens is 472 g/mol. The number of carbonyl (C=O) groups excluding carboxylic acids is 1. The number of halogens is 1. The number of rotatable bonds is 8. The lowest BCUT2D eigenvalue weighted by Crippen LogP contribution is -2.15. The standard InChI is InChI=1S/C27H23ClO7/c1-4-33-27(30)26-24(17-8-11-21(31-2)23(13-17)32-3)25(29)20-10-9-19(14-22(20)35-26)34-15-16-6-5-7-18(28)12-16/h5-14H,4,15H2,1-3H3. The van der Waals surface area contributed by atoms with Crippen molar-refractivity contribution in [3.8, 4) is 28.4 Å². The molecule has 0 fully saturated rings. The summed E-state index contributed by atoms with van der Waals surface area (Å²) in [6, 6.07) is 17.1. The van der Waals surface area contributed by atoms with E-state index in [9.17, 15) is 9.59 Å². The summed E-state index contributed by atoms with van der Waals surface area (Å²) < 4.78 is 27.6. The van der Waals surface area contributed by atoms with Crippen molar-refractivity contribution in [3.05, 3.63) is 87.2 Å². The van der Waals surface area contributed by atoms with Gasteiger partial charge in [0.05, 0.1) is 31.8 Å². The predicted octanol–water partition coefficient (Wildman–Crippen LogP) is 5.89. The Kier molecular flexibility index (Phi) is 7.27. The Morgan fingerprint density at radius 1 is 0.971 bits per heavy atom. The first-order valence-electron chi connectivity index (χ1n) is 10.8. The average molecular weight is 495 g/mol. The fourth-order valence-electron chi connectivity index (χ4n) is 3.65. The molecule has 4 rings (SSSR count). The highest BCUT2D eigenvalue weighted by Gasteiger charge is 2.24. The lowest BCUT2D eigenvalue weighted by atomic mass is 10.0. The van der Waals surface area contributed by atoms with Gasteiger partial charge in [-0.1, -0.05) is 29.8 Å². The molecule has 1 heterocycles. The molecule has 7 nitrogen and oxygen atoms in total. The van der Waals surface area contributed by atoms with Crippen LogP contribution < -0.4 is 19.6 Å². The third-order valence-corrected chi connectivity index (χ3v) is 5.53. The quantitative estimate of drug-likeness (QED) is 0.282. The Morgan fingerprint density at radius 3 is 2.49 bits per heavy atom. The zero-order valence-corrected chi connectivity index (χ0v) is 20.2. The van der Waals surface area contributed by atoms with Gasteiger partial charge in [-0.25, -0.2) is 4.79 Å². The van der Waals surface area contributed by atoms with Crippen LogP contribution in [0.2, 0.25) is 5.02 Å². The molecule has 0 radical (unpaired) electrons. The van der Waals surface area contributed by atoms with Crippen LogP contribution in [-0.4, -0.2) is 26.8 Å². The van der Waals surface area contributed by atoms with Crippen LogP contribution in [0.15, 0.2) is 69.9 Å². The van der Waals surface area contributed by atoms with E-state index >= 15 is 0 Å². The van der Waals surface area contributed by atoms with E-state index in [0.717, 1.165) is 5.56 Å². The van der Waals surface area contributed by atoms with Crippen molar-refractivity contribution in [1.82, 2.24) is 0 Å². The molecule has 0 amide bonds. The summed E-state index contributed by atoms with van der Waals surface area (Å²) in [6.07, 6.45) is 0. The fourth-order valence-corrected chi connectivity index (χ4v) is 3.86. The highest BCUT2D eigenvalue weighted by Crippen LogP contribution is 2.34. The number of carbonyl (C=O) groups is 1. The molecular formula is C27H23ClO7. The minimum Gasteiger partial charge on any atom is -0.493 e. The second-order valence-electron chi connectivity index (χ2n) is 7.50. The fraction of sp³-hybridized carbons (Fsp3) is 0.185. The maximum atomic E-state index is 13.5. The van der Waals surface area contributed by atoms with Crippen LogP contribution in [0, 0.1) is 0 Å². The van der Waals surface area contributed by atoms with Crippen molar-refractivity contribution in [3.63, 3.8) is 0 Å². The van der Waals surface area contributed by atoms with Gasteiger partial charge in [-0.15, -0.1) is 0 Å². The van der Waals surface area contributed by atoms with E-state index in [1.54, 1.807) is 55.5 Å². The zero-order valence-electron chi connectivity index (χ0n) is 19.4. The zero-order chi connectivity index (χ0) is 24.9. The summed E-state index contributed by atoms with van der Waals surface area (Å²) in [5, 5.41) is 0.898. The number of ether oxygens (including phenoxy) is 4. The smallest absolute Gasteiger partial charge is 0.375 e. The Morgan fingerprint density at radius 2 is 1.77 bits per heavy atom. The van der Waals surface area contributed by atoms with Gasteiger partial charge < -0.3 is 23.4 Å². The van der Waals surface area contributed by atoms with E-state index in [-0.39, 0.29) is 40.9 Å². The average Bonchev–Trinajstić information content (AvgIpc) is 2.87. The Bertz CT molecular complexity index is 1440. The Labute approximate surface area is 206 Å². The third-order valence-electron chi connectivity index (χ3n) is 5.29. The Balaban J connectivity index is 1.80. The molecule has 0 saturated heterocycles. The van der Waals surface area contributed by atoms with Crippen LogP contribution in [-0.2, 0) is 11.3 Å². The summed E-state index contributed by atoms with van der Waals surface area (Å²) in [6.45, 7) is 2.06. The van der Waals surface area contributed by atoms with E-state index in [1.807, 2.05) is 12.1 Å². The number of methoxy groups -OCH3 is 2. The molecule has 0 spiro atoms. The van der Waals surface area contributed by atoms with Crippen LogP contribution in [0.1, 0.15) is 23.0 Å². The molecule has 0 atom stereocenters. The number of esters is 1. The molecule has 0 saturated carbocycles. The highest BCUT2D eigenvalue weighted by atomic mass is 35.5. The summed E-state index contributed by atoms with van der Waals surface area (Å²) in [5.41, 5.74) is 1.20. The molecule has 35 heavy (non-hydrogen) atoms. The van der Waals surface area contributed by atoms with Crippen molar-refractivity contribution in [2.75, 3.05) is 20.8 Å². The molecule has 0 N–H and O–H groups in total. The van der Waals surface area contributed by atoms with E-state index in [1.165, 1.54) is 14.2 Å². The molecule has 8 heteroatoms. The largest absolute Gasteiger partial charge is 0.493 e. The second kappa shape index (κ2) is 10.5. The SMILES string of the molecule is CCOC(=O)c1oc2cc(OCc3cccc(Cl)c3)ccc2c(=O)c1-c1ccc(OC)c(OC)c1. The summed E-state index contributed by atoms with van der Waals surface area (Å²) in [5.74, 6) is 0.407.